The maximum atomic E-state index is 9.24. The van der Waals surface area contributed by atoms with Gasteiger partial charge in [-0.15, -0.1) is 0 Å². The standard InChI is InChI=1S/C14H26N2O/c1-12(2)17-10-9-16(3)14-8-6-4-5-7-13(14)11-15/h12-14H,4-10H2,1-3H3. The van der Waals surface area contributed by atoms with Crippen LogP contribution in [0.25, 0.3) is 0 Å². The van der Waals surface area contributed by atoms with Gasteiger partial charge in [0, 0.05) is 12.6 Å². The van der Waals surface area contributed by atoms with Crippen LogP contribution < -0.4 is 0 Å². The van der Waals surface area contributed by atoms with Gasteiger partial charge >= 0.3 is 0 Å². The van der Waals surface area contributed by atoms with Crippen molar-refractivity contribution in [2.45, 2.75) is 58.1 Å². The van der Waals surface area contributed by atoms with Crippen LogP contribution in [0, 0.1) is 17.2 Å². The summed E-state index contributed by atoms with van der Waals surface area (Å²) in [6.45, 7) is 5.82. The van der Waals surface area contributed by atoms with Crippen LogP contribution in [0.4, 0.5) is 0 Å². The molecular formula is C14H26N2O. The highest BCUT2D eigenvalue weighted by Crippen LogP contribution is 2.26. The zero-order valence-electron chi connectivity index (χ0n) is 11.5. The topological polar surface area (TPSA) is 36.3 Å². The lowest BCUT2D eigenvalue weighted by Gasteiger charge is -2.30. The molecule has 0 aromatic heterocycles. The molecule has 0 aromatic carbocycles. The molecule has 2 unspecified atom stereocenters. The first-order chi connectivity index (χ1) is 8.15. The van der Waals surface area contributed by atoms with Crippen LogP contribution >= 0.6 is 0 Å². The first kappa shape index (κ1) is 14.5. The van der Waals surface area contributed by atoms with Crippen molar-refractivity contribution in [3.05, 3.63) is 0 Å². The third kappa shape index (κ3) is 5.06. The van der Waals surface area contributed by atoms with Crippen molar-refractivity contribution in [2.75, 3.05) is 20.2 Å². The Hall–Kier alpha value is -0.590. The Morgan fingerprint density at radius 1 is 1.29 bits per heavy atom. The van der Waals surface area contributed by atoms with E-state index in [-0.39, 0.29) is 5.92 Å². The molecule has 0 aliphatic heterocycles. The predicted octanol–water partition coefficient (Wildman–Crippen LogP) is 2.82. The largest absolute Gasteiger partial charge is 0.377 e. The van der Waals surface area contributed by atoms with Gasteiger partial charge in [-0.05, 0) is 33.7 Å². The molecule has 2 atom stereocenters. The normalized spacial score (nSPS) is 25.9. The van der Waals surface area contributed by atoms with Gasteiger partial charge < -0.3 is 4.74 Å². The van der Waals surface area contributed by atoms with Crippen LogP contribution in [0.1, 0.15) is 46.0 Å². The van der Waals surface area contributed by atoms with Crippen molar-refractivity contribution in [2.24, 2.45) is 5.92 Å². The average molecular weight is 238 g/mol. The number of ether oxygens (including phenoxy) is 1. The van der Waals surface area contributed by atoms with E-state index in [0.717, 1.165) is 26.0 Å². The predicted molar refractivity (Wildman–Crippen MR) is 69.7 cm³/mol. The second-order valence-corrected chi connectivity index (χ2v) is 5.34. The number of likely N-dealkylation sites (N-methyl/N-ethyl adjacent to an activating group) is 1. The van der Waals surface area contributed by atoms with E-state index in [9.17, 15) is 5.26 Å². The molecule has 1 fully saturated rings. The van der Waals surface area contributed by atoms with E-state index in [1.165, 1.54) is 19.3 Å². The molecule has 0 amide bonds. The fourth-order valence-electron chi connectivity index (χ4n) is 2.56. The first-order valence-electron chi connectivity index (χ1n) is 6.86. The van der Waals surface area contributed by atoms with E-state index in [1.807, 2.05) is 0 Å². The summed E-state index contributed by atoms with van der Waals surface area (Å²) in [5.41, 5.74) is 0. The molecule has 0 spiro atoms. The number of nitriles is 1. The molecule has 98 valence electrons. The van der Waals surface area contributed by atoms with E-state index in [0.29, 0.717) is 12.1 Å². The average Bonchev–Trinajstić information content (AvgIpc) is 2.52. The van der Waals surface area contributed by atoms with Crippen LogP contribution in [0.2, 0.25) is 0 Å². The van der Waals surface area contributed by atoms with Gasteiger partial charge in [-0.3, -0.25) is 4.90 Å². The van der Waals surface area contributed by atoms with Crippen molar-refractivity contribution >= 4 is 0 Å². The Bertz CT molecular complexity index is 247. The van der Waals surface area contributed by atoms with Gasteiger partial charge in [-0.1, -0.05) is 19.3 Å². The van der Waals surface area contributed by atoms with Crippen molar-refractivity contribution in [3.8, 4) is 6.07 Å². The summed E-state index contributed by atoms with van der Waals surface area (Å²) in [4.78, 5) is 2.32. The van der Waals surface area contributed by atoms with Crippen LogP contribution in [-0.4, -0.2) is 37.2 Å². The molecule has 1 aliphatic rings. The highest BCUT2D eigenvalue weighted by atomic mass is 16.5. The number of hydrogen-bond acceptors (Lipinski definition) is 3. The minimum absolute atomic E-state index is 0.210. The highest BCUT2D eigenvalue weighted by Gasteiger charge is 2.26. The van der Waals surface area contributed by atoms with Gasteiger partial charge in [-0.2, -0.15) is 5.26 Å². The van der Waals surface area contributed by atoms with Crippen molar-refractivity contribution in [1.29, 1.82) is 5.26 Å². The van der Waals surface area contributed by atoms with Crippen LogP contribution in [0.5, 0.6) is 0 Å². The lowest BCUT2D eigenvalue weighted by molar-refractivity contribution is 0.0506. The molecule has 17 heavy (non-hydrogen) atoms. The first-order valence-corrected chi connectivity index (χ1v) is 6.86. The van der Waals surface area contributed by atoms with Gasteiger partial charge in [0.2, 0.25) is 0 Å². The van der Waals surface area contributed by atoms with Crippen molar-refractivity contribution in [3.63, 3.8) is 0 Å². The minimum Gasteiger partial charge on any atom is -0.377 e. The molecule has 0 bridgehead atoms. The summed E-state index contributed by atoms with van der Waals surface area (Å²) in [6, 6.07) is 2.92. The minimum atomic E-state index is 0.210. The quantitative estimate of drug-likeness (QED) is 0.691. The summed E-state index contributed by atoms with van der Waals surface area (Å²) in [5, 5.41) is 9.24. The highest BCUT2D eigenvalue weighted by molar-refractivity contribution is 4.93. The molecule has 0 aromatic rings. The van der Waals surface area contributed by atoms with Crippen LogP contribution in [-0.2, 0) is 4.74 Å². The molecule has 0 saturated heterocycles. The summed E-state index contributed by atoms with van der Waals surface area (Å²) in [5.74, 6) is 0.210. The molecule has 0 radical (unpaired) electrons. The Morgan fingerprint density at radius 2 is 2.00 bits per heavy atom. The third-order valence-electron chi connectivity index (χ3n) is 3.61. The number of hydrogen-bond donors (Lipinski definition) is 0. The number of rotatable bonds is 5. The van der Waals surface area contributed by atoms with E-state index in [1.54, 1.807) is 0 Å². The lowest BCUT2D eigenvalue weighted by atomic mass is 9.95. The van der Waals surface area contributed by atoms with Gasteiger partial charge in [0.1, 0.15) is 0 Å². The molecule has 3 nitrogen and oxygen atoms in total. The monoisotopic (exact) mass is 238 g/mol. The number of nitrogens with zero attached hydrogens (tertiary/aromatic N) is 2. The molecule has 1 rings (SSSR count). The van der Waals surface area contributed by atoms with E-state index in [2.05, 4.69) is 31.9 Å². The lowest BCUT2D eigenvalue weighted by Crippen LogP contribution is -2.39. The Morgan fingerprint density at radius 3 is 2.65 bits per heavy atom. The Balaban J connectivity index is 2.41. The second kappa shape index (κ2) is 7.68. The molecule has 1 aliphatic carbocycles. The van der Waals surface area contributed by atoms with Crippen LogP contribution in [0.15, 0.2) is 0 Å². The molecule has 3 heteroatoms. The maximum absolute atomic E-state index is 9.24. The zero-order valence-corrected chi connectivity index (χ0v) is 11.5. The molecule has 0 heterocycles. The Labute approximate surface area is 106 Å². The molecule has 0 N–H and O–H groups in total. The molecular weight excluding hydrogens is 212 g/mol. The van der Waals surface area contributed by atoms with Crippen LogP contribution in [0.3, 0.4) is 0 Å². The zero-order chi connectivity index (χ0) is 12.7. The van der Waals surface area contributed by atoms with Crippen molar-refractivity contribution < 1.29 is 4.74 Å². The smallest absolute Gasteiger partial charge is 0.0672 e. The van der Waals surface area contributed by atoms with E-state index >= 15 is 0 Å². The van der Waals surface area contributed by atoms with Gasteiger partial charge in [0.25, 0.3) is 0 Å². The maximum Gasteiger partial charge on any atom is 0.0672 e. The van der Waals surface area contributed by atoms with Crippen molar-refractivity contribution in [1.82, 2.24) is 4.90 Å². The summed E-state index contributed by atoms with van der Waals surface area (Å²) < 4.78 is 5.58. The summed E-state index contributed by atoms with van der Waals surface area (Å²) in [6.07, 6.45) is 6.28. The van der Waals surface area contributed by atoms with E-state index in [4.69, 9.17) is 4.74 Å². The van der Waals surface area contributed by atoms with E-state index < -0.39 is 0 Å². The fraction of sp³-hybridized carbons (Fsp3) is 0.929. The van der Waals surface area contributed by atoms with Gasteiger partial charge in [0.05, 0.1) is 24.7 Å². The summed E-state index contributed by atoms with van der Waals surface area (Å²) >= 11 is 0. The fourth-order valence-corrected chi connectivity index (χ4v) is 2.56. The van der Waals surface area contributed by atoms with Gasteiger partial charge in [-0.25, -0.2) is 0 Å². The van der Waals surface area contributed by atoms with Gasteiger partial charge in [0.15, 0.2) is 0 Å². The molecule has 1 saturated carbocycles. The second-order valence-electron chi connectivity index (χ2n) is 5.34. The summed E-state index contributed by atoms with van der Waals surface area (Å²) in [7, 11) is 2.13. The third-order valence-corrected chi connectivity index (χ3v) is 3.61. The Kier molecular flexibility index (Phi) is 6.54. The SMILES string of the molecule is CC(C)OCCN(C)C1CCCCCC1C#N.